The molecular formula is C17H23NO4. The first-order chi connectivity index (χ1) is 10.4. The molecule has 2 N–H and O–H groups in total. The predicted molar refractivity (Wildman–Crippen MR) is 83.7 cm³/mol. The third-order valence-corrected chi connectivity index (χ3v) is 4.16. The largest absolute Gasteiger partial charge is 0.481 e. The summed E-state index contributed by atoms with van der Waals surface area (Å²) in [7, 11) is 0. The first kappa shape index (κ1) is 16.5. The number of nitrogens with one attached hydrogen (secondary N) is 1. The Balaban J connectivity index is 1.96. The quantitative estimate of drug-likeness (QED) is 0.877. The van der Waals surface area contributed by atoms with Gasteiger partial charge in [-0.25, -0.2) is 0 Å². The summed E-state index contributed by atoms with van der Waals surface area (Å²) in [5, 5.41) is 11.8. The summed E-state index contributed by atoms with van der Waals surface area (Å²) in [6.07, 6.45) is 2.21. The molecule has 1 aromatic rings. The van der Waals surface area contributed by atoms with Gasteiger partial charge in [0.05, 0.1) is 17.9 Å². The maximum atomic E-state index is 12.4. The van der Waals surface area contributed by atoms with Gasteiger partial charge < -0.3 is 15.2 Å². The average molecular weight is 305 g/mol. The number of amides is 1. The second-order valence-corrected chi connectivity index (χ2v) is 6.31. The molecule has 1 aliphatic heterocycles. The van der Waals surface area contributed by atoms with Crippen molar-refractivity contribution < 1.29 is 19.4 Å². The highest BCUT2D eigenvalue weighted by atomic mass is 16.5. The highest BCUT2D eigenvalue weighted by molar-refractivity contribution is 5.95. The number of aliphatic carboxylic acids is 1. The standard InChI is InChI=1S/C17H23NO4/c1-12(15(19)20)10-13-4-6-14(7-5-13)18-16(21)17(2)8-3-9-22-11-17/h4-7,12H,3,8-11H2,1-2H3,(H,18,21)(H,19,20)/t12-,17+/m1/s1. The zero-order valence-corrected chi connectivity index (χ0v) is 13.1. The van der Waals surface area contributed by atoms with Gasteiger partial charge in [-0.05, 0) is 43.9 Å². The van der Waals surface area contributed by atoms with E-state index < -0.39 is 17.3 Å². The van der Waals surface area contributed by atoms with Crippen molar-refractivity contribution in [2.45, 2.75) is 33.1 Å². The lowest BCUT2D eigenvalue weighted by Gasteiger charge is -2.31. The van der Waals surface area contributed by atoms with E-state index in [9.17, 15) is 9.59 Å². The Kier molecular flexibility index (Phi) is 5.19. The van der Waals surface area contributed by atoms with Crippen LogP contribution in [0.3, 0.4) is 0 Å². The van der Waals surface area contributed by atoms with E-state index >= 15 is 0 Å². The maximum Gasteiger partial charge on any atom is 0.306 e. The van der Waals surface area contributed by atoms with E-state index in [2.05, 4.69) is 5.32 Å². The molecule has 0 unspecified atom stereocenters. The van der Waals surface area contributed by atoms with Crippen LogP contribution in [0.25, 0.3) is 0 Å². The molecule has 1 aliphatic rings. The SMILES string of the molecule is C[C@H](Cc1ccc(NC(=O)[C@@]2(C)CCCOC2)cc1)C(=O)O. The minimum Gasteiger partial charge on any atom is -0.481 e. The van der Waals surface area contributed by atoms with Crippen LogP contribution in [-0.4, -0.2) is 30.2 Å². The smallest absolute Gasteiger partial charge is 0.306 e. The number of hydrogen-bond donors (Lipinski definition) is 2. The Morgan fingerprint density at radius 3 is 2.59 bits per heavy atom. The van der Waals surface area contributed by atoms with Crippen LogP contribution in [0, 0.1) is 11.3 Å². The summed E-state index contributed by atoms with van der Waals surface area (Å²) in [5.74, 6) is -1.25. The molecule has 0 aliphatic carbocycles. The fourth-order valence-electron chi connectivity index (χ4n) is 2.56. The average Bonchev–Trinajstić information content (AvgIpc) is 2.49. The molecule has 1 amide bonds. The zero-order chi connectivity index (χ0) is 16.2. The minimum atomic E-state index is -0.803. The number of carboxylic acids is 1. The summed E-state index contributed by atoms with van der Waals surface area (Å²) >= 11 is 0. The third kappa shape index (κ3) is 4.07. The molecule has 5 nitrogen and oxygen atoms in total. The molecule has 1 aromatic carbocycles. The minimum absolute atomic E-state index is 0.0288. The van der Waals surface area contributed by atoms with Gasteiger partial charge in [0.25, 0.3) is 0 Å². The first-order valence-corrected chi connectivity index (χ1v) is 7.62. The molecule has 1 heterocycles. The molecule has 2 rings (SSSR count). The number of ether oxygens (including phenoxy) is 1. The Hall–Kier alpha value is -1.88. The van der Waals surface area contributed by atoms with Crippen LogP contribution in [0.2, 0.25) is 0 Å². The number of carboxylic acid groups (broad SMARTS) is 1. The normalized spacial score (nSPS) is 22.8. The van der Waals surface area contributed by atoms with E-state index in [0.29, 0.717) is 13.0 Å². The van der Waals surface area contributed by atoms with Gasteiger partial charge in [0.2, 0.25) is 5.91 Å². The zero-order valence-electron chi connectivity index (χ0n) is 13.1. The number of rotatable bonds is 5. The lowest BCUT2D eigenvalue weighted by molar-refractivity contribution is -0.141. The Bertz CT molecular complexity index is 532. The van der Waals surface area contributed by atoms with Crippen LogP contribution in [0.4, 0.5) is 5.69 Å². The van der Waals surface area contributed by atoms with E-state index in [0.717, 1.165) is 30.7 Å². The van der Waals surface area contributed by atoms with Crippen LogP contribution in [-0.2, 0) is 20.7 Å². The molecule has 0 saturated carbocycles. The molecule has 1 fully saturated rings. The Morgan fingerprint density at radius 2 is 2.05 bits per heavy atom. The molecule has 2 atom stereocenters. The fourth-order valence-corrected chi connectivity index (χ4v) is 2.56. The molecule has 22 heavy (non-hydrogen) atoms. The molecule has 5 heteroatoms. The van der Waals surface area contributed by atoms with E-state index in [1.54, 1.807) is 6.92 Å². The highest BCUT2D eigenvalue weighted by Crippen LogP contribution is 2.29. The number of carbonyl (C=O) groups is 2. The third-order valence-electron chi connectivity index (χ3n) is 4.16. The van der Waals surface area contributed by atoms with Gasteiger partial charge in [0.15, 0.2) is 0 Å². The molecule has 0 radical (unpaired) electrons. The number of carbonyl (C=O) groups excluding carboxylic acids is 1. The topological polar surface area (TPSA) is 75.6 Å². The second kappa shape index (κ2) is 6.92. The summed E-state index contributed by atoms with van der Waals surface area (Å²) < 4.78 is 5.41. The molecule has 0 spiro atoms. The first-order valence-electron chi connectivity index (χ1n) is 7.62. The van der Waals surface area contributed by atoms with Gasteiger partial charge >= 0.3 is 5.97 Å². The van der Waals surface area contributed by atoms with E-state index in [1.807, 2.05) is 31.2 Å². The van der Waals surface area contributed by atoms with Crippen LogP contribution in [0.5, 0.6) is 0 Å². The molecular weight excluding hydrogens is 282 g/mol. The van der Waals surface area contributed by atoms with Crippen molar-refractivity contribution in [3.05, 3.63) is 29.8 Å². The van der Waals surface area contributed by atoms with Crippen LogP contribution < -0.4 is 5.32 Å². The highest BCUT2D eigenvalue weighted by Gasteiger charge is 2.35. The fraction of sp³-hybridized carbons (Fsp3) is 0.529. The van der Waals surface area contributed by atoms with Gasteiger partial charge in [-0.3, -0.25) is 9.59 Å². The molecule has 0 bridgehead atoms. The van der Waals surface area contributed by atoms with Crippen molar-refractivity contribution in [3.63, 3.8) is 0 Å². The summed E-state index contributed by atoms with van der Waals surface area (Å²) in [4.78, 5) is 23.2. The monoisotopic (exact) mass is 305 g/mol. The van der Waals surface area contributed by atoms with Gasteiger partial charge in [-0.1, -0.05) is 19.1 Å². The number of anilines is 1. The lowest BCUT2D eigenvalue weighted by atomic mass is 9.84. The Morgan fingerprint density at radius 1 is 1.36 bits per heavy atom. The lowest BCUT2D eigenvalue weighted by Crippen LogP contribution is -2.40. The van der Waals surface area contributed by atoms with Crippen LogP contribution in [0.1, 0.15) is 32.3 Å². The van der Waals surface area contributed by atoms with E-state index in [4.69, 9.17) is 9.84 Å². The van der Waals surface area contributed by atoms with Crippen molar-refractivity contribution >= 4 is 17.6 Å². The number of hydrogen-bond acceptors (Lipinski definition) is 3. The summed E-state index contributed by atoms with van der Waals surface area (Å²) in [5.41, 5.74) is 1.19. The van der Waals surface area contributed by atoms with Gasteiger partial charge in [-0.15, -0.1) is 0 Å². The summed E-state index contributed by atoms with van der Waals surface area (Å²) in [6, 6.07) is 7.34. The van der Waals surface area contributed by atoms with Crippen molar-refractivity contribution in [2.24, 2.45) is 11.3 Å². The van der Waals surface area contributed by atoms with Crippen molar-refractivity contribution in [1.29, 1.82) is 0 Å². The van der Waals surface area contributed by atoms with Crippen LogP contribution >= 0.6 is 0 Å². The van der Waals surface area contributed by atoms with E-state index in [1.165, 1.54) is 0 Å². The summed E-state index contributed by atoms with van der Waals surface area (Å²) in [6.45, 7) is 4.78. The van der Waals surface area contributed by atoms with Crippen molar-refractivity contribution in [1.82, 2.24) is 0 Å². The van der Waals surface area contributed by atoms with E-state index in [-0.39, 0.29) is 5.91 Å². The van der Waals surface area contributed by atoms with Gasteiger partial charge in [-0.2, -0.15) is 0 Å². The van der Waals surface area contributed by atoms with Crippen molar-refractivity contribution in [2.75, 3.05) is 18.5 Å². The number of benzene rings is 1. The molecule has 120 valence electrons. The molecule has 1 saturated heterocycles. The Labute approximate surface area is 130 Å². The second-order valence-electron chi connectivity index (χ2n) is 6.31. The van der Waals surface area contributed by atoms with Gasteiger partial charge in [0, 0.05) is 12.3 Å². The van der Waals surface area contributed by atoms with Gasteiger partial charge in [0.1, 0.15) is 0 Å². The van der Waals surface area contributed by atoms with Crippen molar-refractivity contribution in [3.8, 4) is 0 Å². The van der Waals surface area contributed by atoms with Crippen LogP contribution in [0.15, 0.2) is 24.3 Å². The maximum absolute atomic E-state index is 12.4. The predicted octanol–water partition coefficient (Wildman–Crippen LogP) is 2.71. The molecule has 0 aromatic heterocycles.